The van der Waals surface area contributed by atoms with Gasteiger partial charge in [0.25, 0.3) is 17.7 Å². The van der Waals surface area contributed by atoms with Crippen LogP contribution in [-0.4, -0.2) is 17.7 Å². The van der Waals surface area contributed by atoms with E-state index in [1.807, 2.05) is 51.1 Å². The zero-order valence-corrected chi connectivity index (χ0v) is 19.2. The molecule has 0 aromatic heterocycles. The molecule has 166 valence electrons. The van der Waals surface area contributed by atoms with Gasteiger partial charge in [-0.2, -0.15) is 0 Å². The summed E-state index contributed by atoms with van der Waals surface area (Å²) in [6.45, 7) is 5.76. The molecule has 33 heavy (non-hydrogen) atoms. The van der Waals surface area contributed by atoms with Gasteiger partial charge in [-0.05, 0) is 73.9 Å². The summed E-state index contributed by atoms with van der Waals surface area (Å²) in [5.74, 6) is -1.36. The molecule has 4 rings (SSSR count). The SMILES string of the molecule is Cc1ccccc1N1C(=O)C(Cl)=C(Nc2ccc(C(=O)Nc3cccc(C)c3C)cc2)C1=O. The van der Waals surface area contributed by atoms with Crippen LogP contribution in [0, 0.1) is 20.8 Å². The Balaban J connectivity index is 1.50. The van der Waals surface area contributed by atoms with Crippen LogP contribution in [0.15, 0.2) is 77.5 Å². The second kappa shape index (κ2) is 8.92. The highest BCUT2D eigenvalue weighted by atomic mass is 35.5. The summed E-state index contributed by atoms with van der Waals surface area (Å²) < 4.78 is 0. The highest BCUT2D eigenvalue weighted by Crippen LogP contribution is 2.31. The third-order valence-corrected chi connectivity index (χ3v) is 6.00. The number of halogens is 1. The highest BCUT2D eigenvalue weighted by Gasteiger charge is 2.39. The van der Waals surface area contributed by atoms with Gasteiger partial charge in [0.15, 0.2) is 0 Å². The average Bonchev–Trinajstić information content (AvgIpc) is 3.01. The lowest BCUT2D eigenvalue weighted by atomic mass is 10.1. The highest BCUT2D eigenvalue weighted by molar-refractivity contribution is 6.53. The minimum absolute atomic E-state index is 0.00231. The summed E-state index contributed by atoms with van der Waals surface area (Å²) in [7, 11) is 0. The van der Waals surface area contributed by atoms with Crippen LogP contribution >= 0.6 is 11.6 Å². The van der Waals surface area contributed by atoms with Crippen molar-refractivity contribution < 1.29 is 14.4 Å². The number of para-hydroxylation sites is 1. The van der Waals surface area contributed by atoms with E-state index >= 15 is 0 Å². The molecule has 6 nitrogen and oxygen atoms in total. The number of carbonyl (C=O) groups excluding carboxylic acids is 3. The van der Waals surface area contributed by atoms with Gasteiger partial charge in [-0.15, -0.1) is 0 Å². The molecular formula is C26H22ClN3O3. The molecule has 1 heterocycles. The van der Waals surface area contributed by atoms with Crippen LogP contribution in [0.3, 0.4) is 0 Å². The smallest absolute Gasteiger partial charge is 0.283 e. The van der Waals surface area contributed by atoms with Crippen molar-refractivity contribution in [3.63, 3.8) is 0 Å². The van der Waals surface area contributed by atoms with Crippen LogP contribution < -0.4 is 15.5 Å². The average molecular weight is 460 g/mol. The van der Waals surface area contributed by atoms with E-state index in [-0.39, 0.29) is 16.6 Å². The van der Waals surface area contributed by atoms with Gasteiger partial charge in [-0.25, -0.2) is 4.90 Å². The number of hydrogen-bond acceptors (Lipinski definition) is 4. The molecule has 0 spiro atoms. The Morgan fingerprint density at radius 1 is 0.818 bits per heavy atom. The number of aryl methyl sites for hydroxylation is 2. The maximum absolute atomic E-state index is 13.0. The first kappa shape index (κ1) is 22.3. The maximum atomic E-state index is 13.0. The molecule has 7 heteroatoms. The van der Waals surface area contributed by atoms with Gasteiger partial charge < -0.3 is 10.6 Å². The zero-order valence-electron chi connectivity index (χ0n) is 18.4. The molecule has 0 atom stereocenters. The number of carbonyl (C=O) groups is 3. The molecule has 0 saturated carbocycles. The van der Waals surface area contributed by atoms with Crippen LogP contribution in [-0.2, 0) is 9.59 Å². The molecular weight excluding hydrogens is 438 g/mol. The summed E-state index contributed by atoms with van der Waals surface area (Å²) >= 11 is 6.21. The fourth-order valence-electron chi connectivity index (χ4n) is 3.57. The number of anilines is 3. The topological polar surface area (TPSA) is 78.5 Å². The Morgan fingerprint density at radius 3 is 2.18 bits per heavy atom. The zero-order chi connectivity index (χ0) is 23.7. The third kappa shape index (κ3) is 4.25. The number of imide groups is 1. The third-order valence-electron chi connectivity index (χ3n) is 5.65. The Morgan fingerprint density at radius 2 is 1.48 bits per heavy atom. The number of benzene rings is 3. The van der Waals surface area contributed by atoms with Crippen molar-refractivity contribution in [3.8, 4) is 0 Å². The van der Waals surface area contributed by atoms with E-state index in [2.05, 4.69) is 10.6 Å². The second-order valence-corrected chi connectivity index (χ2v) is 8.20. The van der Waals surface area contributed by atoms with Gasteiger partial charge in [0, 0.05) is 16.9 Å². The number of rotatable bonds is 5. The predicted octanol–water partition coefficient (Wildman–Crippen LogP) is 5.30. The first-order valence-corrected chi connectivity index (χ1v) is 10.7. The molecule has 0 fully saturated rings. The van der Waals surface area contributed by atoms with Crippen molar-refractivity contribution in [1.82, 2.24) is 0 Å². The largest absolute Gasteiger partial charge is 0.350 e. The Bertz CT molecular complexity index is 1310. The summed E-state index contributed by atoms with van der Waals surface area (Å²) in [5, 5.41) is 5.66. The van der Waals surface area contributed by atoms with Gasteiger partial charge in [0.1, 0.15) is 10.7 Å². The fourth-order valence-corrected chi connectivity index (χ4v) is 3.79. The first-order valence-electron chi connectivity index (χ1n) is 10.4. The van der Waals surface area contributed by atoms with Gasteiger partial charge in [-0.3, -0.25) is 14.4 Å². The molecule has 0 radical (unpaired) electrons. The molecule has 2 N–H and O–H groups in total. The molecule has 0 unspecified atom stereocenters. The summed E-state index contributed by atoms with van der Waals surface area (Å²) in [4.78, 5) is 39.3. The van der Waals surface area contributed by atoms with Crippen LogP contribution in [0.2, 0.25) is 0 Å². The minimum Gasteiger partial charge on any atom is -0.350 e. The van der Waals surface area contributed by atoms with E-state index < -0.39 is 11.8 Å². The van der Waals surface area contributed by atoms with Gasteiger partial charge in [0.05, 0.1) is 5.69 Å². The molecule has 0 bridgehead atoms. The van der Waals surface area contributed by atoms with E-state index in [0.717, 1.165) is 27.3 Å². The standard InChI is InChI=1S/C26H22ClN3O3/c1-15-8-6-9-20(17(15)3)29-24(31)18-11-13-19(14-12-18)28-23-22(27)25(32)30(26(23)33)21-10-5-4-7-16(21)2/h4-14,28H,1-3H3,(H,29,31). The molecule has 1 aliphatic rings. The Kier molecular flexibility index (Phi) is 6.03. The molecule has 0 aliphatic carbocycles. The predicted molar refractivity (Wildman–Crippen MR) is 130 cm³/mol. The van der Waals surface area contributed by atoms with Crippen molar-refractivity contribution in [2.24, 2.45) is 0 Å². The second-order valence-electron chi connectivity index (χ2n) is 7.83. The Hall–Kier alpha value is -3.90. The van der Waals surface area contributed by atoms with Crippen LogP contribution in [0.5, 0.6) is 0 Å². The van der Waals surface area contributed by atoms with Crippen molar-refractivity contribution in [2.75, 3.05) is 15.5 Å². The number of hydrogen-bond donors (Lipinski definition) is 2. The van der Waals surface area contributed by atoms with E-state index in [9.17, 15) is 14.4 Å². The van der Waals surface area contributed by atoms with Crippen molar-refractivity contribution in [2.45, 2.75) is 20.8 Å². The molecule has 3 aromatic rings. The van der Waals surface area contributed by atoms with Gasteiger partial charge in [0.2, 0.25) is 0 Å². The lowest BCUT2D eigenvalue weighted by Crippen LogP contribution is -2.32. The summed E-state index contributed by atoms with van der Waals surface area (Å²) in [6, 6.07) is 19.4. The molecule has 3 amide bonds. The Labute approximate surface area is 196 Å². The number of amides is 3. The lowest BCUT2D eigenvalue weighted by molar-refractivity contribution is -0.120. The van der Waals surface area contributed by atoms with Gasteiger partial charge in [-0.1, -0.05) is 41.9 Å². The van der Waals surface area contributed by atoms with Crippen molar-refractivity contribution in [1.29, 1.82) is 0 Å². The first-order chi connectivity index (χ1) is 15.8. The molecule has 3 aromatic carbocycles. The quantitative estimate of drug-likeness (QED) is 0.507. The number of nitrogens with one attached hydrogen (secondary N) is 2. The van der Waals surface area contributed by atoms with Gasteiger partial charge >= 0.3 is 0 Å². The lowest BCUT2D eigenvalue weighted by Gasteiger charge is -2.17. The molecule has 1 aliphatic heterocycles. The van der Waals surface area contributed by atoms with E-state index in [1.54, 1.807) is 36.4 Å². The summed E-state index contributed by atoms with van der Waals surface area (Å²) in [6.07, 6.45) is 0. The van der Waals surface area contributed by atoms with E-state index in [4.69, 9.17) is 11.6 Å². The van der Waals surface area contributed by atoms with E-state index in [1.165, 1.54) is 0 Å². The number of nitrogens with zero attached hydrogens (tertiary/aromatic N) is 1. The van der Waals surface area contributed by atoms with Crippen LogP contribution in [0.25, 0.3) is 0 Å². The normalized spacial score (nSPS) is 13.5. The van der Waals surface area contributed by atoms with Crippen molar-refractivity contribution in [3.05, 3.63) is 99.7 Å². The summed E-state index contributed by atoms with van der Waals surface area (Å²) in [5.41, 5.74) is 5.10. The maximum Gasteiger partial charge on any atom is 0.283 e. The molecule has 0 saturated heterocycles. The monoisotopic (exact) mass is 459 g/mol. The minimum atomic E-state index is -0.581. The van der Waals surface area contributed by atoms with Crippen LogP contribution in [0.4, 0.5) is 17.1 Å². The fraction of sp³-hybridized carbons (Fsp3) is 0.115. The van der Waals surface area contributed by atoms with Crippen LogP contribution in [0.1, 0.15) is 27.0 Å². The van der Waals surface area contributed by atoms with E-state index in [0.29, 0.717) is 16.9 Å². The van der Waals surface area contributed by atoms with Crippen molar-refractivity contribution >= 4 is 46.4 Å².